The van der Waals surface area contributed by atoms with Crippen molar-refractivity contribution in [1.29, 1.82) is 0 Å². The van der Waals surface area contributed by atoms with Gasteiger partial charge in [-0.2, -0.15) is 5.06 Å². The fraction of sp³-hybridized carbons (Fsp3) is 1.00. The normalized spacial score (nSPS) is 54.5. The number of hydrogen-bond donors (Lipinski definition) is 3. The molecule has 2 fully saturated rings. The van der Waals surface area contributed by atoms with Crippen LogP contribution in [0.15, 0.2) is 0 Å². The Bertz CT molecular complexity index is 188. The van der Waals surface area contributed by atoms with Crippen LogP contribution in [0.2, 0.25) is 0 Å². The van der Waals surface area contributed by atoms with Crippen molar-refractivity contribution in [3.05, 3.63) is 0 Å². The molecule has 0 radical (unpaired) electrons. The standard InChI is InChI=1S/C7H13NO4/c1-8-4-3(2-12-8)5(9)7(11)6(4)10/h3-7,9-11H,2H2,1H3. The van der Waals surface area contributed by atoms with Gasteiger partial charge in [0.1, 0.15) is 12.2 Å². The van der Waals surface area contributed by atoms with Crippen LogP contribution < -0.4 is 0 Å². The van der Waals surface area contributed by atoms with E-state index >= 15 is 0 Å². The van der Waals surface area contributed by atoms with Gasteiger partial charge >= 0.3 is 0 Å². The predicted molar refractivity (Wildman–Crippen MR) is 39.0 cm³/mol. The third-order valence-electron chi connectivity index (χ3n) is 2.82. The molecule has 3 N–H and O–H groups in total. The van der Waals surface area contributed by atoms with E-state index in [1.807, 2.05) is 0 Å². The minimum atomic E-state index is -1.04. The Labute approximate surface area is 70.1 Å². The van der Waals surface area contributed by atoms with Crippen molar-refractivity contribution in [3.63, 3.8) is 0 Å². The van der Waals surface area contributed by atoms with Crippen LogP contribution in [-0.2, 0) is 4.84 Å². The number of hydrogen-bond acceptors (Lipinski definition) is 5. The molecule has 0 aromatic heterocycles. The molecule has 5 heteroatoms. The highest BCUT2D eigenvalue weighted by Crippen LogP contribution is 2.35. The molecule has 1 aliphatic heterocycles. The first-order chi connectivity index (χ1) is 5.63. The maximum atomic E-state index is 9.48. The van der Waals surface area contributed by atoms with Gasteiger partial charge in [-0.05, 0) is 0 Å². The summed E-state index contributed by atoms with van der Waals surface area (Å²) in [4.78, 5) is 5.11. The van der Waals surface area contributed by atoms with Gasteiger partial charge in [0.05, 0.1) is 18.8 Å². The SMILES string of the molecule is CN1OCC2C(O)C(O)C(O)C21. The number of fused-ring (bicyclic) bond motifs is 1. The Morgan fingerprint density at radius 3 is 2.42 bits per heavy atom. The first kappa shape index (κ1) is 8.40. The van der Waals surface area contributed by atoms with Gasteiger partial charge in [0.2, 0.25) is 0 Å². The van der Waals surface area contributed by atoms with Crippen molar-refractivity contribution >= 4 is 0 Å². The van der Waals surface area contributed by atoms with Gasteiger partial charge in [0.25, 0.3) is 0 Å². The van der Waals surface area contributed by atoms with Gasteiger partial charge in [-0.3, -0.25) is 4.84 Å². The predicted octanol–water partition coefficient (Wildman–Crippen LogP) is -2.06. The Hall–Kier alpha value is -0.200. The summed E-state index contributed by atoms with van der Waals surface area (Å²) in [6, 6.07) is -0.269. The van der Waals surface area contributed by atoms with Crippen LogP contribution in [0.25, 0.3) is 0 Å². The monoisotopic (exact) mass is 175 g/mol. The van der Waals surface area contributed by atoms with Gasteiger partial charge < -0.3 is 15.3 Å². The molecule has 1 saturated heterocycles. The number of likely N-dealkylation sites (N-methyl/N-ethyl adjacent to an activating group) is 1. The number of rotatable bonds is 0. The summed E-state index contributed by atoms with van der Waals surface area (Å²) in [7, 11) is 1.69. The third-order valence-corrected chi connectivity index (χ3v) is 2.82. The van der Waals surface area contributed by atoms with Crippen molar-refractivity contribution in [1.82, 2.24) is 5.06 Å². The van der Waals surface area contributed by atoms with E-state index in [0.717, 1.165) is 0 Å². The summed E-state index contributed by atoms with van der Waals surface area (Å²) >= 11 is 0. The summed E-state index contributed by atoms with van der Waals surface area (Å²) in [5.41, 5.74) is 0. The molecule has 0 amide bonds. The maximum absolute atomic E-state index is 9.48. The lowest BCUT2D eigenvalue weighted by Crippen LogP contribution is -2.39. The Morgan fingerprint density at radius 1 is 1.17 bits per heavy atom. The van der Waals surface area contributed by atoms with Gasteiger partial charge in [-0.25, -0.2) is 0 Å². The van der Waals surface area contributed by atoms with Crippen molar-refractivity contribution in [3.8, 4) is 0 Å². The largest absolute Gasteiger partial charge is 0.390 e. The molecule has 0 aromatic rings. The van der Waals surface area contributed by atoms with E-state index in [2.05, 4.69) is 0 Å². The Morgan fingerprint density at radius 2 is 1.83 bits per heavy atom. The van der Waals surface area contributed by atoms with Crippen LogP contribution in [-0.4, -0.2) is 58.4 Å². The molecule has 1 heterocycles. The van der Waals surface area contributed by atoms with Gasteiger partial charge in [0.15, 0.2) is 0 Å². The summed E-state index contributed by atoms with van der Waals surface area (Å²) in [6.07, 6.45) is -2.81. The van der Waals surface area contributed by atoms with Crippen LogP contribution in [0, 0.1) is 5.92 Å². The number of aliphatic hydroxyl groups is 3. The van der Waals surface area contributed by atoms with Crippen LogP contribution in [0.4, 0.5) is 0 Å². The molecule has 5 atom stereocenters. The van der Waals surface area contributed by atoms with Crippen LogP contribution in [0.3, 0.4) is 0 Å². The summed E-state index contributed by atoms with van der Waals surface area (Å²) < 4.78 is 0. The van der Waals surface area contributed by atoms with E-state index in [4.69, 9.17) is 4.84 Å². The highest BCUT2D eigenvalue weighted by atomic mass is 16.7. The zero-order valence-corrected chi connectivity index (χ0v) is 6.79. The van der Waals surface area contributed by atoms with Gasteiger partial charge in [-0.1, -0.05) is 0 Å². The van der Waals surface area contributed by atoms with E-state index in [-0.39, 0.29) is 12.0 Å². The summed E-state index contributed by atoms with van der Waals surface area (Å²) in [5.74, 6) is -0.167. The van der Waals surface area contributed by atoms with E-state index < -0.39 is 18.3 Å². The molecule has 1 saturated carbocycles. The molecule has 12 heavy (non-hydrogen) atoms. The van der Waals surface area contributed by atoms with E-state index in [0.29, 0.717) is 6.61 Å². The minimum absolute atomic E-state index is 0.167. The van der Waals surface area contributed by atoms with Crippen molar-refractivity contribution in [2.45, 2.75) is 24.4 Å². The van der Waals surface area contributed by atoms with Crippen molar-refractivity contribution < 1.29 is 20.2 Å². The maximum Gasteiger partial charge on any atom is 0.108 e. The molecule has 5 unspecified atom stereocenters. The highest BCUT2D eigenvalue weighted by Gasteiger charge is 2.54. The van der Waals surface area contributed by atoms with Crippen molar-refractivity contribution in [2.24, 2.45) is 5.92 Å². The summed E-state index contributed by atoms with van der Waals surface area (Å²) in [5, 5.41) is 29.7. The van der Waals surface area contributed by atoms with E-state index in [9.17, 15) is 15.3 Å². The van der Waals surface area contributed by atoms with E-state index in [1.54, 1.807) is 7.05 Å². The van der Waals surface area contributed by atoms with Crippen LogP contribution >= 0.6 is 0 Å². The molecule has 70 valence electrons. The lowest BCUT2D eigenvalue weighted by molar-refractivity contribution is -0.147. The number of nitrogens with zero attached hydrogens (tertiary/aromatic N) is 1. The molecule has 2 aliphatic rings. The molecule has 0 aromatic carbocycles. The third kappa shape index (κ3) is 0.915. The Balaban J connectivity index is 2.20. The molecular weight excluding hydrogens is 162 g/mol. The smallest absolute Gasteiger partial charge is 0.108 e. The molecule has 0 bridgehead atoms. The highest BCUT2D eigenvalue weighted by molar-refractivity contribution is 5.03. The second-order valence-electron chi connectivity index (χ2n) is 3.47. The summed E-state index contributed by atoms with van der Waals surface area (Å²) in [6.45, 7) is 0.371. The molecule has 1 aliphatic carbocycles. The lowest BCUT2D eigenvalue weighted by Gasteiger charge is -2.20. The lowest BCUT2D eigenvalue weighted by atomic mass is 10.0. The average molecular weight is 175 g/mol. The Kier molecular flexibility index (Phi) is 1.85. The average Bonchev–Trinajstić information content (AvgIpc) is 2.51. The molecule has 2 rings (SSSR count). The second kappa shape index (κ2) is 2.65. The quantitative estimate of drug-likeness (QED) is 0.395. The molecular formula is C7H13NO4. The number of hydroxylamine groups is 2. The van der Waals surface area contributed by atoms with Crippen LogP contribution in [0.5, 0.6) is 0 Å². The zero-order chi connectivity index (χ0) is 8.88. The van der Waals surface area contributed by atoms with Crippen molar-refractivity contribution in [2.75, 3.05) is 13.7 Å². The first-order valence-corrected chi connectivity index (χ1v) is 4.03. The number of aliphatic hydroxyl groups excluding tert-OH is 3. The minimum Gasteiger partial charge on any atom is -0.390 e. The molecule has 0 spiro atoms. The fourth-order valence-corrected chi connectivity index (χ4v) is 2.08. The topological polar surface area (TPSA) is 73.2 Å². The fourth-order valence-electron chi connectivity index (χ4n) is 2.08. The zero-order valence-electron chi connectivity index (χ0n) is 6.79. The van der Waals surface area contributed by atoms with E-state index in [1.165, 1.54) is 5.06 Å². The first-order valence-electron chi connectivity index (χ1n) is 4.03. The van der Waals surface area contributed by atoms with Gasteiger partial charge in [-0.15, -0.1) is 0 Å². The van der Waals surface area contributed by atoms with Gasteiger partial charge in [0, 0.05) is 13.0 Å². The van der Waals surface area contributed by atoms with Crippen LogP contribution in [0.1, 0.15) is 0 Å². The second-order valence-corrected chi connectivity index (χ2v) is 3.47. The molecule has 5 nitrogen and oxygen atoms in total.